The first kappa shape index (κ1) is 39.0. The Kier molecular flexibility index (Phi) is 10.3. The SMILES string of the molecule is CC(C)(C)OC(=O)COc1ccc(CN2C(=O)C(C(=O)Nc3ccc(C(F)(F)F)cc3-c3ccc(C(F)(F)F)nc3)=C(O)C3(C)CCCN23)c(F)c1F. The van der Waals surface area contributed by atoms with Gasteiger partial charge in [-0.3, -0.25) is 19.6 Å². The van der Waals surface area contributed by atoms with Gasteiger partial charge in [-0.15, -0.1) is 0 Å². The molecule has 1 unspecified atom stereocenters. The lowest BCUT2D eigenvalue weighted by molar-refractivity contribution is -0.161. The van der Waals surface area contributed by atoms with Crippen molar-refractivity contribution in [1.29, 1.82) is 0 Å². The number of hydrogen-bond acceptors (Lipinski definition) is 8. The van der Waals surface area contributed by atoms with Crippen LogP contribution in [0.3, 0.4) is 0 Å². The summed E-state index contributed by atoms with van der Waals surface area (Å²) in [6.07, 6.45) is -8.50. The predicted octanol–water partition coefficient (Wildman–Crippen LogP) is 7.35. The van der Waals surface area contributed by atoms with Gasteiger partial charge in [0.2, 0.25) is 5.82 Å². The fourth-order valence-electron chi connectivity index (χ4n) is 6.00. The number of nitrogens with zero attached hydrogens (tertiary/aromatic N) is 3. The zero-order valence-electron chi connectivity index (χ0n) is 28.5. The normalized spacial score (nSPS) is 18.3. The van der Waals surface area contributed by atoms with E-state index in [-0.39, 0.29) is 29.8 Å². The number of pyridine rings is 1. The monoisotopic (exact) mass is 756 g/mol. The van der Waals surface area contributed by atoms with E-state index in [0.29, 0.717) is 30.8 Å². The molecule has 3 heterocycles. The maximum atomic E-state index is 15.4. The van der Waals surface area contributed by atoms with E-state index in [4.69, 9.17) is 9.47 Å². The molecular formula is C35H32F8N4O6. The van der Waals surface area contributed by atoms with Gasteiger partial charge in [0.25, 0.3) is 11.8 Å². The average Bonchev–Trinajstić information content (AvgIpc) is 3.46. The highest BCUT2D eigenvalue weighted by Crippen LogP contribution is 2.43. The van der Waals surface area contributed by atoms with Crippen LogP contribution in [0.4, 0.5) is 40.8 Å². The molecule has 0 spiro atoms. The molecule has 0 saturated carbocycles. The molecular weight excluding hydrogens is 724 g/mol. The summed E-state index contributed by atoms with van der Waals surface area (Å²) < 4.78 is 121. The first-order valence-electron chi connectivity index (χ1n) is 15.9. The van der Waals surface area contributed by atoms with Crippen LogP contribution in [0, 0.1) is 11.6 Å². The number of aromatic nitrogens is 1. The Morgan fingerprint density at radius 1 is 0.981 bits per heavy atom. The van der Waals surface area contributed by atoms with Crippen molar-refractivity contribution in [3.63, 3.8) is 0 Å². The molecule has 0 radical (unpaired) electrons. The zero-order valence-corrected chi connectivity index (χ0v) is 28.5. The van der Waals surface area contributed by atoms with Crippen molar-refractivity contribution < 1.29 is 64.1 Å². The molecule has 1 aromatic heterocycles. The number of rotatable bonds is 8. The number of fused-ring (bicyclic) bond motifs is 1. The van der Waals surface area contributed by atoms with E-state index in [0.717, 1.165) is 29.3 Å². The minimum atomic E-state index is -4.89. The van der Waals surface area contributed by atoms with E-state index < -0.39 is 100.0 Å². The fraction of sp³-hybridized carbons (Fsp3) is 0.371. The molecule has 2 aliphatic rings. The van der Waals surface area contributed by atoms with Crippen molar-refractivity contribution in [2.45, 2.75) is 70.6 Å². The summed E-state index contributed by atoms with van der Waals surface area (Å²) in [6, 6.07) is 5.50. The summed E-state index contributed by atoms with van der Waals surface area (Å²) in [5.74, 6) is -7.56. The Morgan fingerprint density at radius 2 is 1.68 bits per heavy atom. The van der Waals surface area contributed by atoms with Gasteiger partial charge in [0.1, 0.15) is 22.6 Å². The van der Waals surface area contributed by atoms with Crippen molar-refractivity contribution in [3.05, 3.63) is 88.4 Å². The molecule has 0 bridgehead atoms. The number of benzene rings is 2. The Morgan fingerprint density at radius 3 is 2.28 bits per heavy atom. The molecule has 1 saturated heterocycles. The topological polar surface area (TPSA) is 121 Å². The molecule has 18 heteroatoms. The Hall–Kier alpha value is -5.26. The van der Waals surface area contributed by atoms with Crippen LogP contribution < -0.4 is 10.1 Å². The van der Waals surface area contributed by atoms with Crippen LogP contribution in [-0.4, -0.2) is 62.2 Å². The Bertz CT molecular complexity index is 1970. The summed E-state index contributed by atoms with van der Waals surface area (Å²) in [5.41, 5.74) is -7.08. The van der Waals surface area contributed by atoms with Gasteiger partial charge in [0, 0.05) is 35.1 Å². The number of amides is 2. The number of hydrazine groups is 1. The zero-order chi connectivity index (χ0) is 39.3. The number of halogens is 8. The smallest absolute Gasteiger partial charge is 0.433 e. The van der Waals surface area contributed by atoms with Gasteiger partial charge in [-0.1, -0.05) is 12.1 Å². The van der Waals surface area contributed by atoms with E-state index in [1.807, 2.05) is 0 Å². The van der Waals surface area contributed by atoms with Crippen molar-refractivity contribution in [3.8, 4) is 16.9 Å². The number of hydrogen-bond donors (Lipinski definition) is 2. The van der Waals surface area contributed by atoms with Crippen molar-refractivity contribution in [2.75, 3.05) is 18.5 Å². The average molecular weight is 757 g/mol. The lowest BCUT2D eigenvalue weighted by atomic mass is 9.90. The minimum absolute atomic E-state index is 0.145. The number of carbonyl (C=O) groups is 3. The first-order chi connectivity index (χ1) is 24.5. The second kappa shape index (κ2) is 13.9. The molecule has 2 N–H and O–H groups in total. The second-order valence-electron chi connectivity index (χ2n) is 13.5. The lowest BCUT2D eigenvalue weighted by Gasteiger charge is -2.46. The summed E-state index contributed by atoms with van der Waals surface area (Å²) >= 11 is 0. The van der Waals surface area contributed by atoms with Crippen molar-refractivity contribution in [1.82, 2.24) is 15.0 Å². The minimum Gasteiger partial charge on any atom is -0.509 e. The van der Waals surface area contributed by atoms with E-state index >= 15 is 8.78 Å². The largest absolute Gasteiger partial charge is 0.509 e. The highest BCUT2D eigenvalue weighted by molar-refractivity contribution is 6.24. The lowest BCUT2D eigenvalue weighted by Crippen LogP contribution is -2.60. The summed E-state index contributed by atoms with van der Waals surface area (Å²) in [4.78, 5) is 43.0. The van der Waals surface area contributed by atoms with Crippen LogP contribution in [0.15, 0.2) is 60.0 Å². The highest BCUT2D eigenvalue weighted by atomic mass is 19.4. The third-order valence-corrected chi connectivity index (χ3v) is 8.49. The number of esters is 1. The van der Waals surface area contributed by atoms with E-state index in [1.54, 1.807) is 20.8 Å². The highest BCUT2D eigenvalue weighted by Gasteiger charge is 2.53. The molecule has 0 aliphatic carbocycles. The van der Waals surface area contributed by atoms with Crippen LogP contribution in [-0.2, 0) is 38.0 Å². The summed E-state index contributed by atoms with van der Waals surface area (Å²) in [7, 11) is 0. The third kappa shape index (κ3) is 8.06. The van der Waals surface area contributed by atoms with Gasteiger partial charge in [-0.2, -0.15) is 30.7 Å². The fourth-order valence-corrected chi connectivity index (χ4v) is 6.00. The van der Waals surface area contributed by atoms with Gasteiger partial charge in [0.05, 0.1) is 17.6 Å². The molecule has 1 atom stereocenters. The molecule has 2 aromatic carbocycles. The molecule has 284 valence electrons. The molecule has 2 amide bonds. The van der Waals surface area contributed by atoms with Gasteiger partial charge >= 0.3 is 18.3 Å². The Labute approximate surface area is 297 Å². The maximum Gasteiger partial charge on any atom is 0.433 e. The molecule has 3 aromatic rings. The third-order valence-electron chi connectivity index (χ3n) is 8.49. The number of nitrogens with one attached hydrogen (secondary N) is 1. The molecule has 1 fully saturated rings. The number of aliphatic hydroxyl groups is 1. The summed E-state index contributed by atoms with van der Waals surface area (Å²) in [5, 5.41) is 15.9. The molecule has 5 rings (SSSR count). The van der Waals surface area contributed by atoms with Gasteiger partial charge < -0.3 is 19.9 Å². The predicted molar refractivity (Wildman–Crippen MR) is 171 cm³/mol. The summed E-state index contributed by atoms with van der Waals surface area (Å²) in [6.45, 7) is 5.05. The quantitative estimate of drug-likeness (QED) is 0.139. The van der Waals surface area contributed by atoms with E-state index in [9.17, 15) is 45.8 Å². The van der Waals surface area contributed by atoms with Crippen LogP contribution in [0.1, 0.15) is 57.4 Å². The van der Waals surface area contributed by atoms with Crippen LogP contribution in [0.25, 0.3) is 11.1 Å². The van der Waals surface area contributed by atoms with Crippen LogP contribution in [0.5, 0.6) is 5.75 Å². The molecule has 10 nitrogen and oxygen atoms in total. The van der Waals surface area contributed by atoms with Crippen molar-refractivity contribution >= 4 is 23.5 Å². The van der Waals surface area contributed by atoms with Crippen molar-refractivity contribution in [2.24, 2.45) is 0 Å². The first-order valence-corrected chi connectivity index (χ1v) is 15.9. The van der Waals surface area contributed by atoms with E-state index in [2.05, 4.69) is 10.3 Å². The number of anilines is 1. The van der Waals surface area contributed by atoms with Crippen LogP contribution in [0.2, 0.25) is 0 Å². The Balaban J connectivity index is 1.46. The van der Waals surface area contributed by atoms with E-state index in [1.165, 1.54) is 11.9 Å². The standard InChI is InChI=1S/C35H32F8N4O6/c1-32(2,3)53-25(48)17-52-23-10-6-19(27(36)28(23)37)16-46-31(51)26(29(49)33(4)12-5-13-47(33)46)30(50)45-22-9-8-20(34(38,39)40)14-21(22)18-7-11-24(44-15-18)35(41,42)43/h6-11,14-15,49H,5,12-13,16-17H2,1-4H3,(H,45,50). The molecule has 53 heavy (non-hydrogen) atoms. The maximum absolute atomic E-state index is 15.4. The number of carbonyl (C=O) groups excluding carboxylic acids is 3. The second-order valence-corrected chi connectivity index (χ2v) is 13.5. The number of ether oxygens (including phenoxy) is 2. The van der Waals surface area contributed by atoms with Gasteiger partial charge in [-0.05, 0) is 70.9 Å². The number of alkyl halides is 6. The van der Waals surface area contributed by atoms with Gasteiger partial charge in [0.15, 0.2) is 18.2 Å². The number of aliphatic hydroxyl groups excluding tert-OH is 1. The van der Waals surface area contributed by atoms with Gasteiger partial charge in [-0.25, -0.2) is 14.2 Å². The van der Waals surface area contributed by atoms with Crippen LogP contribution >= 0.6 is 0 Å². The molecule has 2 aliphatic heterocycles.